The summed E-state index contributed by atoms with van der Waals surface area (Å²) >= 11 is 7.43. The highest BCUT2D eigenvalue weighted by Gasteiger charge is 2.29. The third kappa shape index (κ3) is 2.98. The summed E-state index contributed by atoms with van der Waals surface area (Å²) in [6.07, 6.45) is 2.06. The zero-order valence-corrected chi connectivity index (χ0v) is 13.2. The fourth-order valence-corrected chi connectivity index (χ4v) is 3.81. The number of benzene rings is 1. The van der Waals surface area contributed by atoms with Gasteiger partial charge in [-0.1, -0.05) is 23.7 Å². The molecule has 0 aliphatic carbocycles. The molecule has 1 aliphatic rings. The van der Waals surface area contributed by atoms with Crippen LogP contribution in [-0.2, 0) is 0 Å². The number of halogens is 1. The van der Waals surface area contributed by atoms with Crippen LogP contribution in [0.2, 0.25) is 5.02 Å². The molecule has 1 unspecified atom stereocenters. The maximum absolute atomic E-state index is 12.6. The number of hydrogen-bond donors (Lipinski definition) is 1. The minimum Gasteiger partial charge on any atom is -0.334 e. The summed E-state index contributed by atoms with van der Waals surface area (Å²) in [4.78, 5) is 16.3. The zero-order valence-electron chi connectivity index (χ0n) is 11.6. The van der Waals surface area contributed by atoms with Gasteiger partial charge in [0, 0.05) is 29.0 Å². The summed E-state index contributed by atoms with van der Waals surface area (Å²) in [7, 11) is 0. The molecule has 2 aromatic rings. The highest BCUT2D eigenvalue weighted by atomic mass is 35.5. The van der Waals surface area contributed by atoms with E-state index < -0.39 is 0 Å². The summed E-state index contributed by atoms with van der Waals surface area (Å²) in [6.45, 7) is 1.36. The first-order valence-corrected chi connectivity index (χ1v) is 8.25. The van der Waals surface area contributed by atoms with Gasteiger partial charge in [-0.2, -0.15) is 0 Å². The summed E-state index contributed by atoms with van der Waals surface area (Å²) in [6, 6.07) is 11.8. The molecule has 1 atom stereocenters. The van der Waals surface area contributed by atoms with E-state index >= 15 is 0 Å². The smallest absolute Gasteiger partial charge is 0.264 e. The molecule has 0 bridgehead atoms. The average molecular weight is 321 g/mol. The van der Waals surface area contributed by atoms with E-state index in [4.69, 9.17) is 17.3 Å². The highest BCUT2D eigenvalue weighted by Crippen LogP contribution is 2.31. The van der Waals surface area contributed by atoms with Crippen molar-refractivity contribution in [3.05, 3.63) is 46.3 Å². The van der Waals surface area contributed by atoms with Crippen molar-refractivity contribution in [1.29, 1.82) is 0 Å². The van der Waals surface area contributed by atoms with Gasteiger partial charge in [0.25, 0.3) is 5.91 Å². The van der Waals surface area contributed by atoms with Crippen LogP contribution < -0.4 is 5.73 Å². The minimum absolute atomic E-state index is 0.105. The zero-order chi connectivity index (χ0) is 14.8. The average Bonchev–Trinajstić information content (AvgIpc) is 3.16. The van der Waals surface area contributed by atoms with E-state index in [0.717, 1.165) is 39.7 Å². The highest BCUT2D eigenvalue weighted by molar-refractivity contribution is 7.17. The molecule has 5 heteroatoms. The molecular formula is C16H17ClN2OS. The third-order valence-corrected chi connectivity index (χ3v) is 5.23. The van der Waals surface area contributed by atoms with Crippen LogP contribution in [0.5, 0.6) is 0 Å². The van der Waals surface area contributed by atoms with E-state index in [-0.39, 0.29) is 11.9 Å². The molecule has 3 rings (SSSR count). The second kappa shape index (κ2) is 6.18. The second-order valence-corrected chi connectivity index (χ2v) is 6.72. The largest absolute Gasteiger partial charge is 0.334 e. The number of rotatable bonds is 3. The normalized spacial score (nSPS) is 18.2. The van der Waals surface area contributed by atoms with E-state index in [1.165, 1.54) is 11.3 Å². The molecule has 2 heterocycles. The van der Waals surface area contributed by atoms with Crippen LogP contribution in [0.15, 0.2) is 36.4 Å². The molecule has 110 valence electrons. The Kier molecular flexibility index (Phi) is 4.29. The lowest BCUT2D eigenvalue weighted by Crippen LogP contribution is -2.39. The molecule has 1 saturated heterocycles. The van der Waals surface area contributed by atoms with Gasteiger partial charge < -0.3 is 10.6 Å². The number of hydrogen-bond acceptors (Lipinski definition) is 3. The Morgan fingerprint density at radius 3 is 2.76 bits per heavy atom. The van der Waals surface area contributed by atoms with Gasteiger partial charge in [0.15, 0.2) is 0 Å². The van der Waals surface area contributed by atoms with Crippen LogP contribution in [0.3, 0.4) is 0 Å². The number of likely N-dealkylation sites (tertiary alicyclic amines) is 1. The monoisotopic (exact) mass is 320 g/mol. The van der Waals surface area contributed by atoms with Crippen LogP contribution in [0.1, 0.15) is 22.5 Å². The molecule has 1 amide bonds. The molecular weight excluding hydrogens is 304 g/mol. The van der Waals surface area contributed by atoms with Gasteiger partial charge in [-0.05, 0) is 42.7 Å². The lowest BCUT2D eigenvalue weighted by atomic mass is 10.2. The Labute approximate surface area is 133 Å². The summed E-state index contributed by atoms with van der Waals surface area (Å²) < 4.78 is 0. The number of carbonyl (C=O) groups is 1. The standard InChI is InChI=1S/C16H17ClN2OS/c17-12-5-3-11(4-6-12)14-7-8-15(21-14)16(20)19-9-1-2-13(19)10-18/h3-8,13H,1-2,9-10,18H2. The van der Waals surface area contributed by atoms with Gasteiger partial charge in [0.1, 0.15) is 0 Å². The van der Waals surface area contributed by atoms with Gasteiger partial charge in [0.05, 0.1) is 4.88 Å². The Hall–Kier alpha value is -1.36. The molecule has 21 heavy (non-hydrogen) atoms. The van der Waals surface area contributed by atoms with E-state index in [9.17, 15) is 4.79 Å². The molecule has 1 aromatic heterocycles. The van der Waals surface area contributed by atoms with Crippen LogP contribution >= 0.6 is 22.9 Å². The van der Waals surface area contributed by atoms with E-state index in [1.54, 1.807) is 0 Å². The number of amides is 1. The van der Waals surface area contributed by atoms with Crippen molar-refractivity contribution in [3.63, 3.8) is 0 Å². The summed E-state index contributed by atoms with van der Waals surface area (Å²) in [5.74, 6) is 0.105. The molecule has 3 nitrogen and oxygen atoms in total. The number of nitrogens with two attached hydrogens (primary N) is 1. The van der Waals surface area contributed by atoms with Crippen molar-refractivity contribution in [2.24, 2.45) is 5.73 Å². The Morgan fingerprint density at radius 2 is 2.05 bits per heavy atom. The SMILES string of the molecule is NCC1CCCN1C(=O)c1ccc(-c2ccc(Cl)cc2)s1. The molecule has 0 saturated carbocycles. The van der Waals surface area contributed by atoms with Crippen molar-refractivity contribution >= 4 is 28.8 Å². The summed E-state index contributed by atoms with van der Waals surface area (Å²) in [5.41, 5.74) is 6.83. The fraction of sp³-hybridized carbons (Fsp3) is 0.312. The van der Waals surface area contributed by atoms with Crippen LogP contribution in [0.25, 0.3) is 10.4 Å². The molecule has 1 aliphatic heterocycles. The first kappa shape index (κ1) is 14.6. The number of thiophene rings is 1. The van der Waals surface area contributed by atoms with Gasteiger partial charge in [-0.25, -0.2) is 0 Å². The molecule has 0 radical (unpaired) electrons. The predicted molar refractivity (Wildman–Crippen MR) is 87.9 cm³/mol. The van der Waals surface area contributed by atoms with E-state index in [1.807, 2.05) is 41.3 Å². The quantitative estimate of drug-likeness (QED) is 0.938. The van der Waals surface area contributed by atoms with Crippen LogP contribution in [0.4, 0.5) is 0 Å². The fourth-order valence-electron chi connectivity index (χ4n) is 2.71. The maximum Gasteiger partial charge on any atom is 0.264 e. The van der Waals surface area contributed by atoms with Gasteiger partial charge >= 0.3 is 0 Å². The topological polar surface area (TPSA) is 46.3 Å². The van der Waals surface area contributed by atoms with Crippen LogP contribution in [-0.4, -0.2) is 29.9 Å². The lowest BCUT2D eigenvalue weighted by molar-refractivity contribution is 0.0746. The van der Waals surface area contributed by atoms with Crippen LogP contribution in [0, 0.1) is 0 Å². The Morgan fingerprint density at radius 1 is 1.29 bits per heavy atom. The van der Waals surface area contributed by atoms with Crippen molar-refractivity contribution in [3.8, 4) is 10.4 Å². The predicted octanol–water partition coefficient (Wildman–Crippen LogP) is 3.63. The van der Waals surface area contributed by atoms with Crippen molar-refractivity contribution in [1.82, 2.24) is 4.90 Å². The second-order valence-electron chi connectivity index (χ2n) is 5.20. The molecule has 0 spiro atoms. The van der Waals surface area contributed by atoms with Crippen molar-refractivity contribution in [2.45, 2.75) is 18.9 Å². The Balaban J connectivity index is 1.81. The van der Waals surface area contributed by atoms with Crippen molar-refractivity contribution in [2.75, 3.05) is 13.1 Å². The first-order chi connectivity index (χ1) is 10.2. The minimum atomic E-state index is 0.105. The molecule has 2 N–H and O–H groups in total. The van der Waals surface area contributed by atoms with Crippen molar-refractivity contribution < 1.29 is 4.79 Å². The lowest BCUT2D eigenvalue weighted by Gasteiger charge is -2.22. The number of nitrogens with zero attached hydrogens (tertiary/aromatic N) is 1. The van der Waals surface area contributed by atoms with E-state index in [0.29, 0.717) is 6.54 Å². The third-order valence-electron chi connectivity index (χ3n) is 3.86. The number of carbonyl (C=O) groups excluding carboxylic acids is 1. The van der Waals surface area contributed by atoms with Gasteiger partial charge in [-0.3, -0.25) is 4.79 Å². The molecule has 1 fully saturated rings. The van der Waals surface area contributed by atoms with E-state index in [2.05, 4.69) is 0 Å². The maximum atomic E-state index is 12.6. The summed E-state index contributed by atoms with van der Waals surface area (Å²) in [5, 5.41) is 0.717. The Bertz CT molecular complexity index is 638. The van der Waals surface area contributed by atoms with Gasteiger partial charge in [0.2, 0.25) is 0 Å². The van der Waals surface area contributed by atoms with Gasteiger partial charge in [-0.15, -0.1) is 11.3 Å². The molecule has 1 aromatic carbocycles. The first-order valence-electron chi connectivity index (χ1n) is 7.06.